The lowest BCUT2D eigenvalue weighted by atomic mass is 9.77. The summed E-state index contributed by atoms with van der Waals surface area (Å²) in [6.45, 7) is 1.25. The van der Waals surface area contributed by atoms with E-state index < -0.39 is 30.4 Å². The van der Waals surface area contributed by atoms with Gasteiger partial charge in [-0.25, -0.2) is 13.2 Å². The van der Waals surface area contributed by atoms with E-state index in [2.05, 4.69) is 11.7 Å². The lowest BCUT2D eigenvalue weighted by molar-refractivity contribution is 0.0794. The van der Waals surface area contributed by atoms with Crippen molar-refractivity contribution in [2.45, 2.75) is 70.6 Å². The summed E-state index contributed by atoms with van der Waals surface area (Å²) in [5.41, 5.74) is 0.351. The Hall–Kier alpha value is -1.26. The molecule has 0 aromatic heterocycles. The molecule has 1 saturated carbocycles. The van der Waals surface area contributed by atoms with E-state index in [-0.39, 0.29) is 5.92 Å². The average Bonchev–Trinajstić information content (AvgIpc) is 2.57. The average molecular weight is 346 g/mol. The van der Waals surface area contributed by atoms with Crippen LogP contribution in [0.5, 0.6) is 5.75 Å². The predicted molar refractivity (Wildman–Crippen MR) is 86.7 cm³/mol. The first-order valence-electron chi connectivity index (χ1n) is 8.91. The van der Waals surface area contributed by atoms with Gasteiger partial charge in [-0.3, -0.25) is 0 Å². The molecule has 0 unspecified atom stereocenters. The second-order valence-electron chi connectivity index (χ2n) is 6.70. The number of ether oxygens (including phenoxy) is 1. The van der Waals surface area contributed by atoms with Crippen molar-refractivity contribution in [3.63, 3.8) is 0 Å². The van der Waals surface area contributed by atoms with Gasteiger partial charge in [0.25, 0.3) is 6.43 Å². The van der Waals surface area contributed by atoms with Gasteiger partial charge in [0.15, 0.2) is 11.6 Å². The number of benzene rings is 1. The SMILES string of the molecule is CCCCCC1CCC(c2ccc(OCC(F)F)c(F)c2F)CC1. The first-order valence-corrected chi connectivity index (χ1v) is 8.91. The Morgan fingerprint density at radius 2 is 1.75 bits per heavy atom. The summed E-state index contributed by atoms with van der Waals surface area (Å²) in [5, 5.41) is 0. The summed E-state index contributed by atoms with van der Waals surface area (Å²) < 4.78 is 57.2. The Labute approximate surface area is 141 Å². The van der Waals surface area contributed by atoms with Crippen molar-refractivity contribution in [1.82, 2.24) is 0 Å². The van der Waals surface area contributed by atoms with Crippen LogP contribution in [0.25, 0.3) is 0 Å². The lowest BCUT2D eigenvalue weighted by Gasteiger charge is -2.29. The van der Waals surface area contributed by atoms with Crippen LogP contribution in [0.15, 0.2) is 12.1 Å². The number of rotatable bonds is 8. The molecule has 0 heterocycles. The summed E-state index contributed by atoms with van der Waals surface area (Å²) in [5.74, 6) is -1.85. The van der Waals surface area contributed by atoms with Gasteiger partial charge in [0.2, 0.25) is 5.82 Å². The fourth-order valence-corrected chi connectivity index (χ4v) is 3.57. The monoisotopic (exact) mass is 346 g/mol. The van der Waals surface area contributed by atoms with Crippen molar-refractivity contribution < 1.29 is 22.3 Å². The molecule has 0 bridgehead atoms. The standard InChI is InChI=1S/C19H26F4O/c1-2-3-4-5-13-6-8-14(9-7-13)15-10-11-16(19(23)18(15)22)24-12-17(20)21/h10-11,13-14,17H,2-9,12H2,1H3. The quantitative estimate of drug-likeness (QED) is 0.387. The fourth-order valence-electron chi connectivity index (χ4n) is 3.57. The van der Waals surface area contributed by atoms with Crippen molar-refractivity contribution in [2.75, 3.05) is 6.61 Å². The van der Waals surface area contributed by atoms with E-state index in [1.807, 2.05) is 0 Å². The van der Waals surface area contributed by atoms with Crippen LogP contribution in [-0.2, 0) is 0 Å². The Morgan fingerprint density at radius 1 is 1.04 bits per heavy atom. The predicted octanol–water partition coefficient (Wildman–Crippen LogP) is 6.46. The van der Waals surface area contributed by atoms with Crippen molar-refractivity contribution in [3.05, 3.63) is 29.3 Å². The Kier molecular flexibility index (Phi) is 7.38. The molecule has 1 fully saturated rings. The highest BCUT2D eigenvalue weighted by Gasteiger charge is 2.26. The molecular weight excluding hydrogens is 320 g/mol. The van der Waals surface area contributed by atoms with Crippen molar-refractivity contribution in [3.8, 4) is 5.75 Å². The minimum Gasteiger partial charge on any atom is -0.484 e. The van der Waals surface area contributed by atoms with Gasteiger partial charge in [-0.15, -0.1) is 0 Å². The van der Waals surface area contributed by atoms with Gasteiger partial charge in [-0.05, 0) is 49.1 Å². The molecule has 0 N–H and O–H groups in total. The maximum Gasteiger partial charge on any atom is 0.272 e. The Morgan fingerprint density at radius 3 is 2.38 bits per heavy atom. The van der Waals surface area contributed by atoms with E-state index in [9.17, 15) is 17.6 Å². The van der Waals surface area contributed by atoms with Crippen molar-refractivity contribution in [2.24, 2.45) is 5.92 Å². The van der Waals surface area contributed by atoms with Crippen LogP contribution in [0.1, 0.15) is 69.8 Å². The van der Waals surface area contributed by atoms with Crippen LogP contribution in [0.4, 0.5) is 17.6 Å². The molecule has 0 spiro atoms. The molecule has 0 amide bonds. The third kappa shape index (κ3) is 5.12. The summed E-state index contributed by atoms with van der Waals surface area (Å²) in [4.78, 5) is 0. The minimum atomic E-state index is -2.71. The third-order valence-electron chi connectivity index (χ3n) is 4.94. The van der Waals surface area contributed by atoms with Crippen LogP contribution >= 0.6 is 0 Å². The highest BCUT2D eigenvalue weighted by atomic mass is 19.3. The smallest absolute Gasteiger partial charge is 0.272 e. The molecule has 0 atom stereocenters. The molecule has 2 rings (SSSR count). The molecule has 5 heteroatoms. The van der Waals surface area contributed by atoms with Crippen LogP contribution < -0.4 is 4.74 Å². The molecule has 24 heavy (non-hydrogen) atoms. The van der Waals surface area contributed by atoms with E-state index >= 15 is 0 Å². The zero-order chi connectivity index (χ0) is 17.5. The molecule has 1 aliphatic carbocycles. The molecule has 0 radical (unpaired) electrons. The Bertz CT molecular complexity index is 510. The van der Waals surface area contributed by atoms with E-state index in [4.69, 9.17) is 0 Å². The lowest BCUT2D eigenvalue weighted by Crippen LogP contribution is -2.15. The van der Waals surface area contributed by atoms with Gasteiger partial charge in [-0.1, -0.05) is 38.7 Å². The summed E-state index contributed by atoms with van der Waals surface area (Å²) in [6.07, 6.45) is 5.99. The number of hydrogen-bond donors (Lipinski definition) is 0. The van der Waals surface area contributed by atoms with Gasteiger partial charge in [0, 0.05) is 0 Å². The van der Waals surface area contributed by atoms with Crippen molar-refractivity contribution in [1.29, 1.82) is 0 Å². The molecule has 1 nitrogen and oxygen atoms in total. The van der Waals surface area contributed by atoms with Crippen LogP contribution in [0, 0.1) is 17.6 Å². The second kappa shape index (κ2) is 9.28. The minimum absolute atomic E-state index is 0.00562. The number of alkyl halides is 2. The summed E-state index contributed by atoms with van der Waals surface area (Å²) >= 11 is 0. The van der Waals surface area contributed by atoms with Gasteiger partial charge in [0.05, 0.1) is 0 Å². The number of halogens is 4. The molecule has 1 aromatic rings. The number of unbranched alkanes of at least 4 members (excludes halogenated alkanes) is 2. The Balaban J connectivity index is 1.94. The second-order valence-corrected chi connectivity index (χ2v) is 6.70. The van der Waals surface area contributed by atoms with E-state index in [0.29, 0.717) is 11.5 Å². The molecule has 1 aliphatic rings. The van der Waals surface area contributed by atoms with Crippen LogP contribution in [-0.4, -0.2) is 13.0 Å². The topological polar surface area (TPSA) is 9.23 Å². The largest absolute Gasteiger partial charge is 0.484 e. The third-order valence-corrected chi connectivity index (χ3v) is 4.94. The molecule has 0 aliphatic heterocycles. The molecule has 1 aromatic carbocycles. The van der Waals surface area contributed by atoms with Gasteiger partial charge >= 0.3 is 0 Å². The fraction of sp³-hybridized carbons (Fsp3) is 0.684. The van der Waals surface area contributed by atoms with Gasteiger partial charge < -0.3 is 4.74 Å². The maximum absolute atomic E-state index is 14.3. The zero-order valence-electron chi connectivity index (χ0n) is 14.2. The highest BCUT2D eigenvalue weighted by molar-refractivity contribution is 5.33. The van der Waals surface area contributed by atoms with E-state index in [0.717, 1.165) is 25.7 Å². The maximum atomic E-state index is 14.3. The summed E-state index contributed by atoms with van der Waals surface area (Å²) in [6, 6.07) is 2.75. The zero-order valence-corrected chi connectivity index (χ0v) is 14.2. The van der Waals surface area contributed by atoms with Gasteiger partial charge in [-0.2, -0.15) is 4.39 Å². The van der Waals surface area contributed by atoms with E-state index in [1.165, 1.54) is 37.8 Å². The molecule has 0 saturated heterocycles. The summed E-state index contributed by atoms with van der Waals surface area (Å²) in [7, 11) is 0. The molecule has 136 valence electrons. The first kappa shape index (κ1) is 19.1. The highest BCUT2D eigenvalue weighted by Crippen LogP contribution is 2.40. The number of hydrogen-bond acceptors (Lipinski definition) is 1. The van der Waals surface area contributed by atoms with E-state index in [1.54, 1.807) is 0 Å². The normalized spacial score (nSPS) is 21.2. The van der Waals surface area contributed by atoms with Crippen molar-refractivity contribution >= 4 is 0 Å². The van der Waals surface area contributed by atoms with Gasteiger partial charge in [0.1, 0.15) is 6.61 Å². The first-order chi connectivity index (χ1) is 11.5. The van der Waals surface area contributed by atoms with Crippen LogP contribution in [0.3, 0.4) is 0 Å². The van der Waals surface area contributed by atoms with Crippen LogP contribution in [0.2, 0.25) is 0 Å². The molecular formula is C19H26F4O.